The number of hydrazone groups is 1. The summed E-state index contributed by atoms with van der Waals surface area (Å²) in [5.74, 6) is 0.634. The van der Waals surface area contributed by atoms with Gasteiger partial charge in [0, 0.05) is 18.7 Å². The highest BCUT2D eigenvalue weighted by atomic mass is 15.5. The Morgan fingerprint density at radius 1 is 1.44 bits per heavy atom. The summed E-state index contributed by atoms with van der Waals surface area (Å²) in [6, 6.07) is 0.588. The minimum absolute atomic E-state index is 0.588. The number of hydrogen-bond acceptors (Lipinski definition) is 2. The Hall–Kier alpha value is -0.530. The first-order chi connectivity index (χ1) is 4.13. The lowest BCUT2D eigenvalue weighted by molar-refractivity contribution is 0.272. The molecule has 0 N–H and O–H groups in total. The molecule has 2 nitrogen and oxygen atoms in total. The van der Waals surface area contributed by atoms with Crippen LogP contribution in [0.1, 0.15) is 20.8 Å². The van der Waals surface area contributed by atoms with Crippen LogP contribution < -0.4 is 0 Å². The maximum atomic E-state index is 4.30. The lowest BCUT2D eigenvalue weighted by Crippen LogP contribution is -2.24. The van der Waals surface area contributed by atoms with Crippen LogP contribution >= 0.6 is 0 Å². The third-order valence-corrected chi connectivity index (χ3v) is 2.29. The first-order valence-corrected chi connectivity index (χ1v) is 3.41. The molecule has 0 aromatic heterocycles. The molecule has 1 aliphatic rings. The van der Waals surface area contributed by atoms with Crippen molar-refractivity contribution >= 4 is 5.71 Å². The average Bonchev–Trinajstić information content (AvgIpc) is 1.98. The predicted molar refractivity (Wildman–Crippen MR) is 39.5 cm³/mol. The summed E-state index contributed by atoms with van der Waals surface area (Å²) in [5, 5.41) is 6.33. The van der Waals surface area contributed by atoms with Gasteiger partial charge < -0.3 is 0 Å². The predicted octanol–water partition coefficient (Wildman–Crippen LogP) is 1.33. The van der Waals surface area contributed by atoms with Gasteiger partial charge in [0.2, 0.25) is 0 Å². The molecule has 0 bridgehead atoms. The van der Waals surface area contributed by atoms with Gasteiger partial charge in [-0.2, -0.15) is 5.10 Å². The topological polar surface area (TPSA) is 15.6 Å². The van der Waals surface area contributed by atoms with Crippen LogP contribution in [0.5, 0.6) is 0 Å². The van der Waals surface area contributed by atoms with Gasteiger partial charge >= 0.3 is 0 Å². The largest absolute Gasteiger partial charge is 0.297 e. The normalized spacial score (nSPS) is 35.1. The van der Waals surface area contributed by atoms with Crippen LogP contribution in [0.2, 0.25) is 0 Å². The van der Waals surface area contributed by atoms with Gasteiger partial charge in [-0.3, -0.25) is 5.01 Å². The molecular weight excluding hydrogens is 112 g/mol. The van der Waals surface area contributed by atoms with Crippen LogP contribution in [0, 0.1) is 5.92 Å². The first kappa shape index (κ1) is 6.59. The lowest BCUT2D eigenvalue weighted by atomic mass is 10.0. The van der Waals surface area contributed by atoms with E-state index < -0.39 is 0 Å². The van der Waals surface area contributed by atoms with E-state index in [-0.39, 0.29) is 0 Å². The number of rotatable bonds is 0. The van der Waals surface area contributed by atoms with Crippen LogP contribution in [0.15, 0.2) is 5.10 Å². The van der Waals surface area contributed by atoms with E-state index in [1.165, 1.54) is 5.71 Å². The summed E-state index contributed by atoms with van der Waals surface area (Å²) in [5.41, 5.74) is 1.25. The zero-order valence-corrected chi connectivity index (χ0v) is 6.55. The van der Waals surface area contributed by atoms with E-state index in [1.807, 2.05) is 12.1 Å². The van der Waals surface area contributed by atoms with Crippen LogP contribution in [0.3, 0.4) is 0 Å². The maximum Gasteiger partial charge on any atom is 0.0517 e. The van der Waals surface area contributed by atoms with Crippen molar-refractivity contribution in [2.75, 3.05) is 7.05 Å². The minimum atomic E-state index is 0.588. The van der Waals surface area contributed by atoms with Gasteiger partial charge in [0.1, 0.15) is 0 Å². The van der Waals surface area contributed by atoms with Crippen molar-refractivity contribution in [3.63, 3.8) is 0 Å². The summed E-state index contributed by atoms with van der Waals surface area (Å²) in [7, 11) is 2.03. The second-order valence-corrected chi connectivity index (χ2v) is 2.84. The molecule has 1 aliphatic heterocycles. The molecular formula is C7H14N2. The Balaban J connectivity index is 2.70. The highest BCUT2D eigenvalue weighted by Gasteiger charge is 2.24. The van der Waals surface area contributed by atoms with Crippen molar-refractivity contribution in [3.8, 4) is 0 Å². The molecule has 0 amide bonds. The maximum absolute atomic E-state index is 4.30. The van der Waals surface area contributed by atoms with Crippen molar-refractivity contribution < 1.29 is 0 Å². The summed E-state index contributed by atoms with van der Waals surface area (Å²) < 4.78 is 0. The van der Waals surface area contributed by atoms with Crippen LogP contribution in [0.25, 0.3) is 0 Å². The Labute approximate surface area is 56.5 Å². The van der Waals surface area contributed by atoms with Gasteiger partial charge in [-0.25, -0.2) is 0 Å². The van der Waals surface area contributed by atoms with Crippen molar-refractivity contribution in [3.05, 3.63) is 0 Å². The molecule has 0 aliphatic carbocycles. The summed E-state index contributed by atoms with van der Waals surface area (Å²) in [6.45, 7) is 6.50. The van der Waals surface area contributed by atoms with Gasteiger partial charge in [-0.1, -0.05) is 6.92 Å². The monoisotopic (exact) mass is 126 g/mol. The molecule has 0 saturated carbocycles. The molecule has 0 aromatic rings. The fraction of sp³-hybridized carbons (Fsp3) is 0.857. The van der Waals surface area contributed by atoms with Gasteiger partial charge in [0.25, 0.3) is 0 Å². The van der Waals surface area contributed by atoms with E-state index in [2.05, 4.69) is 25.9 Å². The summed E-state index contributed by atoms with van der Waals surface area (Å²) in [6.07, 6.45) is 0. The van der Waals surface area contributed by atoms with Gasteiger partial charge in [0.05, 0.1) is 6.04 Å². The minimum Gasteiger partial charge on any atom is -0.297 e. The quantitative estimate of drug-likeness (QED) is 0.478. The second-order valence-electron chi connectivity index (χ2n) is 2.84. The molecule has 0 fully saturated rings. The molecule has 52 valence electrons. The van der Waals surface area contributed by atoms with E-state index in [0.717, 1.165) is 0 Å². The van der Waals surface area contributed by atoms with E-state index in [9.17, 15) is 0 Å². The van der Waals surface area contributed by atoms with Crippen molar-refractivity contribution in [2.24, 2.45) is 11.0 Å². The second kappa shape index (κ2) is 2.01. The zero-order chi connectivity index (χ0) is 7.02. The van der Waals surface area contributed by atoms with Crippen molar-refractivity contribution in [1.29, 1.82) is 0 Å². The van der Waals surface area contributed by atoms with Crippen LogP contribution in [-0.4, -0.2) is 23.8 Å². The van der Waals surface area contributed by atoms with E-state index in [4.69, 9.17) is 0 Å². The molecule has 0 radical (unpaired) electrons. The molecule has 0 aromatic carbocycles. The molecule has 1 heterocycles. The molecule has 2 heteroatoms. The Kier molecular flexibility index (Phi) is 1.47. The highest BCUT2D eigenvalue weighted by molar-refractivity contribution is 5.85. The average molecular weight is 126 g/mol. The Morgan fingerprint density at radius 2 is 2.00 bits per heavy atom. The van der Waals surface area contributed by atoms with Crippen LogP contribution in [-0.2, 0) is 0 Å². The van der Waals surface area contributed by atoms with E-state index in [1.54, 1.807) is 0 Å². The smallest absolute Gasteiger partial charge is 0.0517 e. The molecule has 9 heavy (non-hydrogen) atoms. The number of nitrogens with zero attached hydrogens (tertiary/aromatic N) is 2. The Morgan fingerprint density at radius 3 is 2.11 bits per heavy atom. The third kappa shape index (κ3) is 0.934. The fourth-order valence-corrected chi connectivity index (χ4v) is 1.10. The van der Waals surface area contributed by atoms with E-state index >= 15 is 0 Å². The third-order valence-electron chi connectivity index (χ3n) is 2.29. The SMILES string of the molecule is CC1=NN(C)C(C)C1C. The number of hydrogen-bond donors (Lipinski definition) is 0. The fourth-order valence-electron chi connectivity index (χ4n) is 1.10. The first-order valence-electron chi connectivity index (χ1n) is 3.41. The Bertz CT molecular complexity index is 140. The zero-order valence-electron chi connectivity index (χ0n) is 6.55. The lowest BCUT2D eigenvalue weighted by Gasteiger charge is -2.16. The van der Waals surface area contributed by atoms with E-state index in [0.29, 0.717) is 12.0 Å². The molecule has 0 saturated heterocycles. The molecule has 1 rings (SSSR count). The molecule has 0 spiro atoms. The van der Waals surface area contributed by atoms with Crippen molar-refractivity contribution in [2.45, 2.75) is 26.8 Å². The van der Waals surface area contributed by atoms with Gasteiger partial charge in [-0.05, 0) is 13.8 Å². The van der Waals surface area contributed by atoms with Gasteiger partial charge in [-0.15, -0.1) is 0 Å². The summed E-state index contributed by atoms with van der Waals surface area (Å²) in [4.78, 5) is 0. The van der Waals surface area contributed by atoms with Gasteiger partial charge in [0.15, 0.2) is 0 Å². The van der Waals surface area contributed by atoms with Crippen LogP contribution in [0.4, 0.5) is 0 Å². The summed E-state index contributed by atoms with van der Waals surface area (Å²) >= 11 is 0. The molecule has 2 unspecified atom stereocenters. The van der Waals surface area contributed by atoms with Crippen molar-refractivity contribution in [1.82, 2.24) is 5.01 Å². The highest BCUT2D eigenvalue weighted by Crippen LogP contribution is 2.18. The molecule has 2 atom stereocenters. The standard InChI is InChI=1S/C7H14N2/c1-5-6(2)8-9(4)7(5)3/h5,7H,1-4H3.